The van der Waals surface area contributed by atoms with Gasteiger partial charge in [-0.1, -0.05) is 29.8 Å². The molecular formula is C34H33ClF3N3O4. The molecule has 45 heavy (non-hydrogen) atoms. The van der Waals surface area contributed by atoms with Crippen molar-refractivity contribution in [2.45, 2.75) is 56.2 Å². The molecule has 2 fully saturated rings. The molecule has 7 rings (SSSR count). The van der Waals surface area contributed by atoms with Crippen molar-refractivity contribution in [1.29, 1.82) is 0 Å². The quantitative estimate of drug-likeness (QED) is 0.202. The summed E-state index contributed by atoms with van der Waals surface area (Å²) in [6.07, 6.45) is 2.39. The summed E-state index contributed by atoms with van der Waals surface area (Å²) < 4.78 is 65.9. The lowest BCUT2D eigenvalue weighted by molar-refractivity contribution is -0.0652. The van der Waals surface area contributed by atoms with Gasteiger partial charge in [0.2, 0.25) is 0 Å². The lowest BCUT2D eigenvalue weighted by Gasteiger charge is -2.38. The molecule has 7 nitrogen and oxygen atoms in total. The van der Waals surface area contributed by atoms with Gasteiger partial charge in [-0.25, -0.2) is 22.9 Å². The van der Waals surface area contributed by atoms with Crippen molar-refractivity contribution in [2.24, 2.45) is 0 Å². The van der Waals surface area contributed by atoms with E-state index >= 15 is 8.78 Å². The van der Waals surface area contributed by atoms with Crippen LogP contribution >= 0.6 is 11.6 Å². The van der Waals surface area contributed by atoms with E-state index in [2.05, 4.69) is 9.47 Å². The van der Waals surface area contributed by atoms with Crippen molar-refractivity contribution in [3.05, 3.63) is 93.5 Å². The number of hydrogen-bond acceptors (Lipinski definition) is 6. The highest BCUT2D eigenvalue weighted by Crippen LogP contribution is 2.53. The predicted molar refractivity (Wildman–Crippen MR) is 163 cm³/mol. The van der Waals surface area contributed by atoms with Gasteiger partial charge in [-0.2, -0.15) is 0 Å². The molecule has 11 heteroatoms. The van der Waals surface area contributed by atoms with E-state index in [1.54, 1.807) is 24.3 Å². The van der Waals surface area contributed by atoms with E-state index in [4.69, 9.17) is 30.8 Å². The first kappa shape index (κ1) is 30.1. The van der Waals surface area contributed by atoms with Crippen LogP contribution in [0.1, 0.15) is 64.0 Å². The molecule has 0 aliphatic carbocycles. The van der Waals surface area contributed by atoms with Crippen molar-refractivity contribution >= 4 is 28.6 Å². The number of methoxy groups -OCH3 is 1. The van der Waals surface area contributed by atoms with E-state index in [0.29, 0.717) is 50.1 Å². The Labute approximate surface area is 263 Å². The second kappa shape index (κ2) is 12.0. The number of fused-ring (bicyclic) bond motifs is 2. The van der Waals surface area contributed by atoms with Crippen LogP contribution < -0.4 is 4.74 Å². The second-order valence-electron chi connectivity index (χ2n) is 12.0. The summed E-state index contributed by atoms with van der Waals surface area (Å²) in [4.78, 5) is 19.4. The largest absolute Gasteiger partial charge is 0.492 e. The Morgan fingerprint density at radius 3 is 2.60 bits per heavy atom. The summed E-state index contributed by atoms with van der Waals surface area (Å²) in [5.74, 6) is -5.04. The number of benzene rings is 3. The van der Waals surface area contributed by atoms with Crippen LogP contribution in [0.4, 0.5) is 13.2 Å². The monoisotopic (exact) mass is 639 g/mol. The van der Waals surface area contributed by atoms with E-state index in [-0.39, 0.29) is 40.5 Å². The minimum Gasteiger partial charge on any atom is -0.492 e. The van der Waals surface area contributed by atoms with Crippen molar-refractivity contribution in [3.63, 3.8) is 0 Å². The number of alkyl halides is 2. The zero-order valence-corrected chi connectivity index (χ0v) is 25.5. The highest BCUT2D eigenvalue weighted by molar-refractivity contribution is 6.30. The number of esters is 1. The van der Waals surface area contributed by atoms with Crippen LogP contribution in [0.25, 0.3) is 11.0 Å². The molecule has 4 heterocycles. The van der Waals surface area contributed by atoms with Crippen LogP contribution in [0.2, 0.25) is 5.02 Å². The molecule has 2 saturated heterocycles. The van der Waals surface area contributed by atoms with Crippen LogP contribution in [-0.4, -0.2) is 59.9 Å². The maximum absolute atomic E-state index is 16.3. The van der Waals surface area contributed by atoms with E-state index in [1.165, 1.54) is 19.2 Å². The van der Waals surface area contributed by atoms with Gasteiger partial charge in [-0.15, -0.1) is 0 Å². The molecular weight excluding hydrogens is 607 g/mol. The second-order valence-corrected chi connectivity index (χ2v) is 12.5. The number of rotatable bonds is 7. The van der Waals surface area contributed by atoms with Gasteiger partial charge in [0.1, 0.15) is 24.0 Å². The van der Waals surface area contributed by atoms with Crippen molar-refractivity contribution in [3.8, 4) is 5.75 Å². The molecule has 0 bridgehead atoms. The Hall–Kier alpha value is -3.60. The van der Waals surface area contributed by atoms with Crippen LogP contribution in [0, 0.1) is 5.82 Å². The Morgan fingerprint density at radius 2 is 1.89 bits per heavy atom. The Kier molecular flexibility index (Phi) is 8.00. The average Bonchev–Trinajstić information content (AvgIpc) is 3.35. The standard InChI is InChI=1S/C34H33ClF3N3O4/c1-43-33(42)21-5-8-28-29(15-21)41(17-23-11-14-44-23)31(39-28)18-40-12-9-20(10-13-40)24-3-2-4-30-32(24)34(37,38)26(19-45-30)25-7-6-22(35)16-27(25)36/h2-8,15-16,20,23,26H,9-14,17-19H2,1H3. The number of likely N-dealkylation sites (tertiary alicyclic amines) is 1. The normalized spacial score (nSPS) is 21.6. The maximum Gasteiger partial charge on any atom is 0.337 e. The third-order valence-electron chi connectivity index (χ3n) is 9.39. The van der Waals surface area contributed by atoms with Crippen LogP contribution in [0.3, 0.4) is 0 Å². The molecule has 3 aliphatic rings. The maximum atomic E-state index is 16.3. The fraction of sp³-hybridized carbons (Fsp3) is 0.412. The Morgan fingerprint density at radius 1 is 1.09 bits per heavy atom. The molecule has 2 unspecified atom stereocenters. The topological polar surface area (TPSA) is 65.8 Å². The SMILES string of the molecule is COC(=O)c1ccc2nc(CN3CCC(c4cccc5c4C(F)(F)C(c4ccc(Cl)cc4F)CO5)CC3)n(CC3CCO3)c2c1. The lowest BCUT2D eigenvalue weighted by Crippen LogP contribution is -2.38. The number of piperidine rings is 1. The summed E-state index contributed by atoms with van der Waals surface area (Å²) >= 11 is 5.89. The summed E-state index contributed by atoms with van der Waals surface area (Å²) in [5, 5.41) is 0.155. The number of nitrogens with zero attached hydrogens (tertiary/aromatic N) is 3. The highest BCUT2D eigenvalue weighted by Gasteiger charge is 2.51. The summed E-state index contributed by atoms with van der Waals surface area (Å²) in [6, 6.07) is 14.3. The Bertz CT molecular complexity index is 1750. The first-order chi connectivity index (χ1) is 21.7. The number of ether oxygens (including phenoxy) is 3. The minimum absolute atomic E-state index is 0.0898. The zero-order valence-electron chi connectivity index (χ0n) is 24.8. The number of hydrogen-bond donors (Lipinski definition) is 0. The first-order valence-corrected chi connectivity index (χ1v) is 15.6. The van der Waals surface area contributed by atoms with E-state index in [1.807, 2.05) is 12.1 Å². The third kappa shape index (κ3) is 5.57. The van der Waals surface area contributed by atoms with Gasteiger partial charge in [0, 0.05) is 17.2 Å². The molecule has 0 spiro atoms. The predicted octanol–water partition coefficient (Wildman–Crippen LogP) is 7.05. The van der Waals surface area contributed by atoms with Gasteiger partial charge in [0.25, 0.3) is 5.92 Å². The van der Waals surface area contributed by atoms with E-state index < -0.39 is 23.6 Å². The lowest BCUT2D eigenvalue weighted by atomic mass is 9.79. The van der Waals surface area contributed by atoms with Gasteiger partial charge in [-0.3, -0.25) is 4.90 Å². The molecule has 3 aromatic carbocycles. The van der Waals surface area contributed by atoms with Gasteiger partial charge < -0.3 is 18.8 Å². The third-order valence-corrected chi connectivity index (χ3v) is 9.63. The van der Waals surface area contributed by atoms with Gasteiger partial charge >= 0.3 is 5.97 Å². The highest BCUT2D eigenvalue weighted by atomic mass is 35.5. The van der Waals surface area contributed by atoms with Crippen LogP contribution in [-0.2, 0) is 28.5 Å². The minimum atomic E-state index is -3.33. The molecule has 0 saturated carbocycles. The van der Waals surface area contributed by atoms with Crippen molar-refractivity contribution < 1.29 is 32.2 Å². The molecule has 1 aromatic heterocycles. The zero-order chi connectivity index (χ0) is 31.3. The fourth-order valence-corrected chi connectivity index (χ4v) is 7.02. The van der Waals surface area contributed by atoms with Gasteiger partial charge in [-0.05, 0) is 80.2 Å². The van der Waals surface area contributed by atoms with Gasteiger partial charge in [0.15, 0.2) is 0 Å². The van der Waals surface area contributed by atoms with Crippen molar-refractivity contribution in [2.75, 3.05) is 33.4 Å². The summed E-state index contributed by atoms with van der Waals surface area (Å²) in [7, 11) is 1.36. The number of carbonyl (C=O) groups is 1. The van der Waals surface area contributed by atoms with E-state index in [9.17, 15) is 9.18 Å². The van der Waals surface area contributed by atoms with Crippen molar-refractivity contribution in [1.82, 2.24) is 14.5 Å². The molecule has 0 amide bonds. The number of aromatic nitrogens is 2. The first-order valence-electron chi connectivity index (χ1n) is 15.2. The Balaban J connectivity index is 1.11. The number of halogens is 4. The summed E-state index contributed by atoms with van der Waals surface area (Å²) in [5.41, 5.74) is 2.41. The van der Waals surface area contributed by atoms with Gasteiger partial charge in [0.05, 0.1) is 54.4 Å². The fourth-order valence-electron chi connectivity index (χ4n) is 6.86. The molecule has 0 radical (unpaired) electrons. The molecule has 236 valence electrons. The smallest absolute Gasteiger partial charge is 0.337 e. The van der Waals surface area contributed by atoms with E-state index in [0.717, 1.165) is 36.0 Å². The molecule has 0 N–H and O–H groups in total. The van der Waals surface area contributed by atoms with Crippen LogP contribution in [0.5, 0.6) is 5.75 Å². The average molecular weight is 640 g/mol. The number of imidazole rings is 1. The molecule has 2 atom stereocenters. The summed E-state index contributed by atoms with van der Waals surface area (Å²) in [6.45, 7) is 2.99. The molecule has 4 aromatic rings. The molecule has 3 aliphatic heterocycles. The van der Waals surface area contributed by atoms with Crippen LogP contribution in [0.15, 0.2) is 54.6 Å². The number of carbonyl (C=O) groups excluding carboxylic acids is 1.